The summed E-state index contributed by atoms with van der Waals surface area (Å²) in [5.74, 6) is -1.70. The Morgan fingerprint density at radius 2 is 1.64 bits per heavy atom. The van der Waals surface area contributed by atoms with Gasteiger partial charge in [-0.3, -0.25) is 14.4 Å². The molecule has 3 amide bonds. The van der Waals surface area contributed by atoms with Crippen molar-refractivity contribution in [3.8, 4) is 0 Å². The number of carbonyl (C=O) groups is 3. The molecule has 5 rings (SSSR count). The predicted molar refractivity (Wildman–Crippen MR) is 144 cm³/mol. The molecule has 2 aliphatic carbocycles. The van der Waals surface area contributed by atoms with E-state index in [0.29, 0.717) is 29.2 Å². The lowest BCUT2D eigenvalue weighted by atomic mass is 10.1. The maximum absolute atomic E-state index is 13.1. The Morgan fingerprint density at radius 3 is 2.26 bits per heavy atom. The van der Waals surface area contributed by atoms with Gasteiger partial charge in [0, 0.05) is 16.6 Å². The average Bonchev–Trinajstić information content (AvgIpc) is 3.80. The molecule has 0 radical (unpaired) electrons. The Hall–Kier alpha value is -3.15. The maximum Gasteiger partial charge on any atom is 0.416 e. The number of amides is 3. The van der Waals surface area contributed by atoms with Gasteiger partial charge in [0.2, 0.25) is 11.8 Å². The molecule has 204 valence electrons. The van der Waals surface area contributed by atoms with Crippen LogP contribution in [-0.2, 0) is 15.8 Å². The first-order valence-corrected chi connectivity index (χ1v) is 13.5. The third kappa shape index (κ3) is 5.75. The Balaban J connectivity index is 1.32. The molecule has 3 aromatic rings. The van der Waals surface area contributed by atoms with E-state index in [1.54, 1.807) is 25.1 Å². The lowest BCUT2D eigenvalue weighted by Gasteiger charge is -2.15. The molecule has 3 N–H and O–H groups in total. The normalized spacial score (nSPS) is 15.9. The molecule has 0 aliphatic heterocycles. The Kier molecular flexibility index (Phi) is 7.11. The number of hydrogen-bond acceptors (Lipinski definition) is 5. The number of aryl methyl sites for hydroxylation is 1. The first-order chi connectivity index (χ1) is 18.4. The SMILES string of the molecule is Cc1cc(NC(=O)C2(C(=O)Nc3nc(C4CC4)c(C(=O)Nc4cc(C(F)(F)F)ccc4Cl)s3)CC2)ccc1Cl. The number of anilines is 3. The molecule has 0 saturated heterocycles. The Bertz CT molecular complexity index is 1500. The van der Waals surface area contributed by atoms with Gasteiger partial charge in [-0.2, -0.15) is 13.2 Å². The van der Waals surface area contributed by atoms with E-state index in [-0.39, 0.29) is 26.6 Å². The van der Waals surface area contributed by atoms with Crippen LogP contribution in [0.4, 0.5) is 29.7 Å². The predicted octanol–water partition coefficient (Wildman–Crippen LogP) is 7.26. The highest BCUT2D eigenvalue weighted by molar-refractivity contribution is 7.17. The van der Waals surface area contributed by atoms with E-state index in [1.165, 1.54) is 0 Å². The highest BCUT2D eigenvalue weighted by atomic mass is 35.5. The van der Waals surface area contributed by atoms with Crippen LogP contribution in [0.1, 0.15) is 58.1 Å². The molecular weight excluding hydrogens is 576 g/mol. The number of thiazole rings is 1. The first-order valence-electron chi connectivity index (χ1n) is 12.0. The molecule has 0 bridgehead atoms. The van der Waals surface area contributed by atoms with E-state index < -0.39 is 34.9 Å². The van der Waals surface area contributed by atoms with Crippen LogP contribution in [0.15, 0.2) is 36.4 Å². The second-order valence-electron chi connectivity index (χ2n) is 9.61. The van der Waals surface area contributed by atoms with E-state index >= 15 is 0 Å². The van der Waals surface area contributed by atoms with Crippen LogP contribution in [-0.4, -0.2) is 22.7 Å². The minimum Gasteiger partial charge on any atom is -0.325 e. The molecule has 1 aromatic heterocycles. The summed E-state index contributed by atoms with van der Waals surface area (Å²) in [6.07, 6.45) is -2.34. The van der Waals surface area contributed by atoms with Crippen molar-refractivity contribution >= 4 is 68.8 Å². The van der Waals surface area contributed by atoms with Gasteiger partial charge >= 0.3 is 6.18 Å². The third-order valence-electron chi connectivity index (χ3n) is 6.62. The van der Waals surface area contributed by atoms with Gasteiger partial charge in [0.05, 0.1) is 22.0 Å². The van der Waals surface area contributed by atoms with E-state index in [4.69, 9.17) is 23.2 Å². The molecule has 2 saturated carbocycles. The zero-order valence-corrected chi connectivity index (χ0v) is 22.7. The quantitative estimate of drug-likeness (QED) is 0.250. The summed E-state index contributed by atoms with van der Waals surface area (Å²) in [7, 11) is 0. The van der Waals surface area contributed by atoms with Gasteiger partial charge in [0.25, 0.3) is 5.91 Å². The minimum absolute atomic E-state index is 0.00374. The Labute approximate surface area is 235 Å². The van der Waals surface area contributed by atoms with Crippen LogP contribution >= 0.6 is 34.5 Å². The van der Waals surface area contributed by atoms with Gasteiger partial charge < -0.3 is 16.0 Å². The number of nitrogens with zero attached hydrogens (tertiary/aromatic N) is 1. The lowest BCUT2D eigenvalue weighted by Crippen LogP contribution is -2.35. The van der Waals surface area contributed by atoms with E-state index in [0.717, 1.165) is 47.9 Å². The summed E-state index contributed by atoms with van der Waals surface area (Å²) < 4.78 is 39.4. The van der Waals surface area contributed by atoms with E-state index in [2.05, 4.69) is 20.9 Å². The zero-order valence-electron chi connectivity index (χ0n) is 20.3. The highest BCUT2D eigenvalue weighted by Gasteiger charge is 2.57. The molecular formula is C26H21Cl2F3N4O3S. The molecule has 13 heteroatoms. The standard InChI is InChI=1S/C26H21Cl2F3N4O3S/c1-12-10-15(5-7-16(12)27)32-22(37)25(8-9-25)23(38)35-24-34-19(13-2-3-13)20(39-24)21(36)33-18-11-14(26(29,30)31)4-6-17(18)28/h4-7,10-11,13H,2-3,8-9H2,1H3,(H,32,37)(H,33,36)(H,34,35,38). The van der Waals surface area contributed by atoms with E-state index in [9.17, 15) is 27.6 Å². The molecule has 1 heterocycles. The van der Waals surface area contributed by atoms with Crippen molar-refractivity contribution in [2.45, 2.75) is 44.7 Å². The van der Waals surface area contributed by atoms with Crippen LogP contribution in [0, 0.1) is 12.3 Å². The van der Waals surface area contributed by atoms with Gasteiger partial charge in [-0.25, -0.2) is 4.98 Å². The number of rotatable bonds is 7. The molecule has 0 spiro atoms. The second kappa shape index (κ2) is 10.1. The fourth-order valence-corrected chi connectivity index (χ4v) is 5.25. The van der Waals surface area contributed by atoms with Crippen LogP contribution in [0.25, 0.3) is 0 Å². The summed E-state index contributed by atoms with van der Waals surface area (Å²) in [5.41, 5.74) is -0.684. The van der Waals surface area contributed by atoms with Crippen molar-refractivity contribution in [2.24, 2.45) is 5.41 Å². The number of carbonyl (C=O) groups excluding carboxylic acids is 3. The molecule has 2 aromatic carbocycles. The summed E-state index contributed by atoms with van der Waals surface area (Å²) in [4.78, 5) is 43.8. The van der Waals surface area contributed by atoms with Crippen molar-refractivity contribution in [1.82, 2.24) is 4.98 Å². The first kappa shape index (κ1) is 27.4. The number of alkyl halides is 3. The lowest BCUT2D eigenvalue weighted by molar-refractivity contribution is -0.137. The number of hydrogen-bond donors (Lipinski definition) is 3. The average molecular weight is 597 g/mol. The number of benzene rings is 2. The van der Waals surface area contributed by atoms with Crippen LogP contribution in [0.5, 0.6) is 0 Å². The fraction of sp³-hybridized carbons (Fsp3) is 0.308. The topological polar surface area (TPSA) is 100 Å². The van der Waals surface area contributed by atoms with Crippen LogP contribution in [0.2, 0.25) is 10.0 Å². The van der Waals surface area contributed by atoms with Crippen molar-refractivity contribution in [3.63, 3.8) is 0 Å². The van der Waals surface area contributed by atoms with Gasteiger partial charge in [-0.05, 0) is 74.6 Å². The summed E-state index contributed by atoms with van der Waals surface area (Å²) in [6.45, 7) is 1.80. The van der Waals surface area contributed by atoms with Gasteiger partial charge in [-0.15, -0.1) is 0 Å². The maximum atomic E-state index is 13.1. The molecule has 39 heavy (non-hydrogen) atoms. The van der Waals surface area contributed by atoms with Crippen LogP contribution < -0.4 is 16.0 Å². The smallest absolute Gasteiger partial charge is 0.325 e. The summed E-state index contributed by atoms with van der Waals surface area (Å²) >= 11 is 13.0. The second-order valence-corrected chi connectivity index (χ2v) is 11.4. The molecule has 2 fully saturated rings. The largest absolute Gasteiger partial charge is 0.416 e. The third-order valence-corrected chi connectivity index (χ3v) is 8.36. The van der Waals surface area contributed by atoms with Crippen molar-refractivity contribution in [2.75, 3.05) is 16.0 Å². The van der Waals surface area contributed by atoms with Crippen molar-refractivity contribution in [3.05, 3.63) is 68.1 Å². The van der Waals surface area contributed by atoms with Crippen LogP contribution in [0.3, 0.4) is 0 Å². The minimum atomic E-state index is -4.61. The molecule has 7 nitrogen and oxygen atoms in total. The highest BCUT2D eigenvalue weighted by Crippen LogP contribution is 2.49. The van der Waals surface area contributed by atoms with Gasteiger partial charge in [0.15, 0.2) is 5.13 Å². The number of aromatic nitrogens is 1. The number of halogens is 5. The molecule has 0 atom stereocenters. The Morgan fingerprint density at radius 1 is 0.974 bits per heavy atom. The van der Waals surface area contributed by atoms with Gasteiger partial charge in [0.1, 0.15) is 10.3 Å². The zero-order chi connectivity index (χ0) is 28.1. The van der Waals surface area contributed by atoms with Gasteiger partial charge in [-0.1, -0.05) is 34.5 Å². The molecule has 0 unspecified atom stereocenters. The summed E-state index contributed by atoms with van der Waals surface area (Å²) in [5, 5.41) is 8.49. The fourth-order valence-electron chi connectivity index (χ4n) is 4.03. The molecule has 2 aliphatic rings. The van der Waals surface area contributed by atoms with Crippen molar-refractivity contribution < 1.29 is 27.6 Å². The number of nitrogens with one attached hydrogen (secondary N) is 3. The van der Waals surface area contributed by atoms with E-state index in [1.807, 2.05) is 0 Å². The van der Waals surface area contributed by atoms with Crippen molar-refractivity contribution in [1.29, 1.82) is 0 Å². The summed E-state index contributed by atoms with van der Waals surface area (Å²) in [6, 6.07) is 7.65. The monoisotopic (exact) mass is 596 g/mol.